The van der Waals surface area contributed by atoms with Crippen LogP contribution < -0.4 is 5.32 Å². The molecule has 4 nitrogen and oxygen atoms in total. The van der Waals surface area contributed by atoms with E-state index in [9.17, 15) is 0 Å². The van der Waals surface area contributed by atoms with Crippen LogP contribution in [0.25, 0.3) is 0 Å². The van der Waals surface area contributed by atoms with E-state index in [1.807, 2.05) is 0 Å². The molecule has 1 N–H and O–H groups in total. The summed E-state index contributed by atoms with van der Waals surface area (Å²) < 4.78 is 0. The Kier molecular flexibility index (Phi) is 3.42. The van der Waals surface area contributed by atoms with Gasteiger partial charge in [-0.2, -0.15) is 0 Å². The van der Waals surface area contributed by atoms with Crippen molar-refractivity contribution in [1.29, 1.82) is 0 Å². The first-order chi connectivity index (χ1) is 9.34. The van der Waals surface area contributed by atoms with Crippen molar-refractivity contribution in [2.75, 3.05) is 18.9 Å². The number of nitrogens with one attached hydrogen (secondary N) is 1. The molecule has 2 atom stereocenters. The molecule has 0 radical (unpaired) electrons. The van der Waals surface area contributed by atoms with Crippen LogP contribution in [0.5, 0.6) is 0 Å². The fraction of sp³-hybridized carbons (Fsp3) is 0.333. The van der Waals surface area contributed by atoms with Crippen molar-refractivity contribution < 1.29 is 0 Å². The Bertz CT molecular complexity index is 514. The number of hydrogen-bond donors (Lipinski definition) is 1. The topological polar surface area (TPSA) is 41.0 Å². The van der Waals surface area contributed by atoms with Gasteiger partial charge in [0.05, 0.1) is 12.2 Å². The molecule has 0 amide bonds. The van der Waals surface area contributed by atoms with Gasteiger partial charge < -0.3 is 5.32 Å². The lowest BCUT2D eigenvalue weighted by Gasteiger charge is -2.26. The van der Waals surface area contributed by atoms with E-state index in [-0.39, 0.29) is 0 Å². The first kappa shape index (κ1) is 12.1. The number of anilines is 1. The van der Waals surface area contributed by atoms with E-state index in [4.69, 9.17) is 0 Å². The number of rotatable bonds is 3. The van der Waals surface area contributed by atoms with Crippen molar-refractivity contribution in [1.82, 2.24) is 14.9 Å². The summed E-state index contributed by atoms with van der Waals surface area (Å²) in [7, 11) is 2.18. The molecule has 1 saturated heterocycles. The van der Waals surface area contributed by atoms with E-state index in [0.29, 0.717) is 12.1 Å². The minimum atomic E-state index is 0.379. The summed E-state index contributed by atoms with van der Waals surface area (Å²) in [6.45, 7) is 1.09. The maximum absolute atomic E-state index is 4.30. The molecule has 1 aromatic carbocycles. The van der Waals surface area contributed by atoms with Gasteiger partial charge in [-0.3, -0.25) is 9.88 Å². The molecule has 19 heavy (non-hydrogen) atoms. The Morgan fingerprint density at radius 1 is 1.21 bits per heavy atom. The average Bonchev–Trinajstić information content (AvgIpc) is 2.82. The van der Waals surface area contributed by atoms with Crippen LogP contribution in [0, 0.1) is 0 Å². The van der Waals surface area contributed by atoms with Crippen molar-refractivity contribution in [2.24, 2.45) is 0 Å². The lowest BCUT2D eigenvalue weighted by atomic mass is 10.0. The van der Waals surface area contributed by atoms with Gasteiger partial charge in [0.25, 0.3) is 0 Å². The van der Waals surface area contributed by atoms with E-state index in [0.717, 1.165) is 18.8 Å². The number of aromatic nitrogens is 2. The van der Waals surface area contributed by atoms with Crippen molar-refractivity contribution in [3.63, 3.8) is 0 Å². The number of likely N-dealkylation sites (tertiary alicyclic amines) is 1. The highest BCUT2D eigenvalue weighted by molar-refractivity contribution is 5.35. The standard InChI is InChI=1S/C15H18N4/c1-19-10-7-13(18-14-11-16-8-9-17-14)15(19)12-5-3-2-4-6-12/h2-6,8-9,11,13,15H,7,10H2,1H3,(H,17,18)/t13-,15+/m0/s1. The molecule has 0 aliphatic carbocycles. The Hall–Kier alpha value is -1.94. The van der Waals surface area contributed by atoms with Crippen LogP contribution in [-0.2, 0) is 0 Å². The van der Waals surface area contributed by atoms with E-state index < -0.39 is 0 Å². The van der Waals surface area contributed by atoms with Crippen molar-refractivity contribution in [3.05, 3.63) is 54.5 Å². The highest BCUT2D eigenvalue weighted by atomic mass is 15.2. The van der Waals surface area contributed by atoms with Crippen LogP contribution >= 0.6 is 0 Å². The molecule has 0 saturated carbocycles. The van der Waals surface area contributed by atoms with Crippen LogP contribution in [-0.4, -0.2) is 34.5 Å². The molecule has 1 aromatic heterocycles. The minimum absolute atomic E-state index is 0.379. The van der Waals surface area contributed by atoms with Crippen LogP contribution in [0.2, 0.25) is 0 Å². The van der Waals surface area contributed by atoms with Crippen molar-refractivity contribution in [2.45, 2.75) is 18.5 Å². The third kappa shape index (κ3) is 2.58. The summed E-state index contributed by atoms with van der Waals surface area (Å²) in [4.78, 5) is 10.8. The third-order valence-corrected chi connectivity index (χ3v) is 3.69. The second kappa shape index (κ2) is 5.36. The smallest absolute Gasteiger partial charge is 0.144 e. The van der Waals surface area contributed by atoms with Gasteiger partial charge in [0.15, 0.2) is 0 Å². The summed E-state index contributed by atoms with van der Waals surface area (Å²) in [6.07, 6.45) is 6.31. The van der Waals surface area contributed by atoms with E-state index >= 15 is 0 Å². The lowest BCUT2D eigenvalue weighted by Crippen LogP contribution is -2.29. The molecule has 1 aliphatic heterocycles. The van der Waals surface area contributed by atoms with Crippen molar-refractivity contribution in [3.8, 4) is 0 Å². The Balaban J connectivity index is 1.81. The van der Waals surface area contributed by atoms with Gasteiger partial charge >= 0.3 is 0 Å². The van der Waals surface area contributed by atoms with Gasteiger partial charge in [0.1, 0.15) is 5.82 Å². The molecular weight excluding hydrogens is 236 g/mol. The molecule has 0 spiro atoms. The summed E-state index contributed by atoms with van der Waals surface area (Å²) in [5.41, 5.74) is 1.35. The highest BCUT2D eigenvalue weighted by Crippen LogP contribution is 2.32. The molecule has 0 unspecified atom stereocenters. The fourth-order valence-electron chi connectivity index (χ4n) is 2.80. The predicted molar refractivity (Wildman–Crippen MR) is 75.9 cm³/mol. The van der Waals surface area contributed by atoms with Gasteiger partial charge in [-0.25, -0.2) is 4.98 Å². The van der Waals surface area contributed by atoms with Gasteiger partial charge in [0.2, 0.25) is 0 Å². The Labute approximate surface area is 113 Å². The second-order valence-electron chi connectivity index (χ2n) is 4.97. The molecule has 0 bridgehead atoms. The molecular formula is C15H18N4. The average molecular weight is 254 g/mol. The number of hydrogen-bond acceptors (Lipinski definition) is 4. The lowest BCUT2D eigenvalue weighted by molar-refractivity contribution is 0.309. The second-order valence-corrected chi connectivity index (χ2v) is 4.97. The molecule has 3 rings (SSSR count). The summed E-state index contributed by atoms with van der Waals surface area (Å²) >= 11 is 0. The maximum atomic E-state index is 4.30. The highest BCUT2D eigenvalue weighted by Gasteiger charge is 2.32. The quantitative estimate of drug-likeness (QED) is 0.912. The van der Waals surface area contributed by atoms with Gasteiger partial charge in [0, 0.05) is 25.0 Å². The van der Waals surface area contributed by atoms with E-state index in [1.165, 1.54) is 5.56 Å². The Morgan fingerprint density at radius 2 is 2.05 bits per heavy atom. The molecule has 1 fully saturated rings. The molecule has 2 aromatic rings. The summed E-state index contributed by atoms with van der Waals surface area (Å²) in [5, 5.41) is 3.50. The fourth-order valence-corrected chi connectivity index (χ4v) is 2.80. The van der Waals surface area contributed by atoms with Gasteiger partial charge in [-0.05, 0) is 19.0 Å². The zero-order valence-electron chi connectivity index (χ0n) is 11.0. The van der Waals surface area contributed by atoms with Crippen LogP contribution in [0.3, 0.4) is 0 Å². The van der Waals surface area contributed by atoms with Gasteiger partial charge in [-0.1, -0.05) is 30.3 Å². The normalized spacial score (nSPS) is 23.4. The minimum Gasteiger partial charge on any atom is -0.364 e. The number of benzene rings is 1. The zero-order chi connectivity index (χ0) is 13.1. The van der Waals surface area contributed by atoms with Crippen molar-refractivity contribution >= 4 is 5.82 Å². The molecule has 1 aliphatic rings. The Morgan fingerprint density at radius 3 is 2.79 bits per heavy atom. The molecule has 98 valence electrons. The first-order valence-electron chi connectivity index (χ1n) is 6.62. The number of nitrogens with zero attached hydrogens (tertiary/aromatic N) is 3. The predicted octanol–water partition coefficient (Wildman–Crippen LogP) is 2.33. The largest absolute Gasteiger partial charge is 0.364 e. The van der Waals surface area contributed by atoms with Crippen LogP contribution in [0.1, 0.15) is 18.0 Å². The molecule has 2 heterocycles. The van der Waals surface area contributed by atoms with Crippen LogP contribution in [0.15, 0.2) is 48.9 Å². The summed E-state index contributed by atoms with van der Waals surface area (Å²) in [6, 6.07) is 11.4. The zero-order valence-corrected chi connectivity index (χ0v) is 11.0. The monoisotopic (exact) mass is 254 g/mol. The van der Waals surface area contributed by atoms with Gasteiger partial charge in [-0.15, -0.1) is 0 Å². The maximum Gasteiger partial charge on any atom is 0.144 e. The SMILES string of the molecule is CN1CC[C@H](Nc2cnccn2)[C@H]1c1ccccc1. The summed E-state index contributed by atoms with van der Waals surface area (Å²) in [5.74, 6) is 0.851. The van der Waals surface area contributed by atoms with E-state index in [1.54, 1.807) is 18.6 Å². The molecule has 4 heteroatoms. The number of likely N-dealkylation sites (N-methyl/N-ethyl adjacent to an activating group) is 1. The van der Waals surface area contributed by atoms with Crippen LogP contribution in [0.4, 0.5) is 5.82 Å². The van der Waals surface area contributed by atoms with E-state index in [2.05, 4.69) is 57.6 Å². The first-order valence-corrected chi connectivity index (χ1v) is 6.62. The third-order valence-electron chi connectivity index (χ3n) is 3.69.